The maximum absolute atomic E-state index is 12.2. The Bertz CT molecular complexity index is 447. The molecule has 1 aromatic carbocycles. The van der Waals surface area contributed by atoms with E-state index in [2.05, 4.69) is 0 Å². The zero-order valence-electron chi connectivity index (χ0n) is 9.76. The summed E-state index contributed by atoms with van der Waals surface area (Å²) in [5.74, 6) is 1.06. The van der Waals surface area contributed by atoms with Crippen LogP contribution in [-0.4, -0.2) is 11.9 Å². The second-order valence-corrected chi connectivity index (χ2v) is 4.83. The number of Topliss-reactive ketones (excluding diaryl/α,β-unsaturated/α-hetero) is 1. The van der Waals surface area contributed by atoms with Crippen molar-refractivity contribution in [3.05, 3.63) is 47.7 Å². The van der Waals surface area contributed by atoms with E-state index < -0.39 is 0 Å². The molecule has 2 nitrogen and oxygen atoms in total. The Hall–Kier alpha value is -1.57. The van der Waals surface area contributed by atoms with Crippen molar-refractivity contribution >= 4 is 5.78 Å². The van der Waals surface area contributed by atoms with E-state index in [0.717, 1.165) is 18.4 Å². The zero-order valence-corrected chi connectivity index (χ0v) is 9.76. The topological polar surface area (TPSA) is 26.3 Å². The first-order chi connectivity index (χ1) is 8.34. The summed E-state index contributed by atoms with van der Waals surface area (Å²) < 4.78 is 5.79. The summed E-state index contributed by atoms with van der Waals surface area (Å²) in [4.78, 5) is 12.2. The predicted molar refractivity (Wildman–Crippen MR) is 65.7 cm³/mol. The average Bonchev–Trinajstić information content (AvgIpc) is 2.82. The van der Waals surface area contributed by atoms with Crippen molar-refractivity contribution < 1.29 is 9.53 Å². The molecule has 1 heterocycles. The van der Waals surface area contributed by atoms with Gasteiger partial charge >= 0.3 is 0 Å². The Morgan fingerprint density at radius 2 is 1.88 bits per heavy atom. The van der Waals surface area contributed by atoms with E-state index in [0.29, 0.717) is 11.7 Å². The third-order valence-corrected chi connectivity index (χ3v) is 3.66. The molecular weight excluding hydrogens is 212 g/mol. The van der Waals surface area contributed by atoms with Gasteiger partial charge in [-0.3, -0.25) is 4.79 Å². The number of allylic oxidation sites excluding steroid dienone is 1. The molecule has 2 aliphatic rings. The standard InChI is InChI=1S/C15H16O2/c16-15(11-6-2-1-3-7-11)14-10-12-8-4-5-9-13(12)17-14/h1-3,6-7,10,12-13H,4-5,8-9H2/t12-,13+/m0/s1. The third-order valence-electron chi connectivity index (χ3n) is 3.66. The van der Waals surface area contributed by atoms with Crippen LogP contribution in [0.2, 0.25) is 0 Å². The Balaban J connectivity index is 1.80. The lowest BCUT2D eigenvalue weighted by Gasteiger charge is -2.23. The van der Waals surface area contributed by atoms with Crippen molar-refractivity contribution in [2.24, 2.45) is 5.92 Å². The van der Waals surface area contributed by atoms with Crippen molar-refractivity contribution in [2.45, 2.75) is 31.8 Å². The third kappa shape index (κ3) is 1.99. The Kier molecular flexibility index (Phi) is 2.71. The first kappa shape index (κ1) is 10.6. The van der Waals surface area contributed by atoms with Crippen LogP contribution in [0.25, 0.3) is 0 Å². The Labute approximate surface area is 101 Å². The molecule has 2 atom stereocenters. The van der Waals surface area contributed by atoms with Gasteiger partial charge in [0.1, 0.15) is 6.10 Å². The van der Waals surface area contributed by atoms with E-state index in [-0.39, 0.29) is 11.9 Å². The number of rotatable bonds is 2. The minimum atomic E-state index is 0.0278. The highest BCUT2D eigenvalue weighted by Gasteiger charge is 2.33. The van der Waals surface area contributed by atoms with Gasteiger partial charge in [0.2, 0.25) is 5.78 Å². The van der Waals surface area contributed by atoms with Crippen LogP contribution >= 0.6 is 0 Å². The minimum absolute atomic E-state index is 0.0278. The summed E-state index contributed by atoms with van der Waals surface area (Å²) in [5, 5.41) is 0. The number of fused-ring (bicyclic) bond motifs is 1. The number of carbonyl (C=O) groups excluding carboxylic acids is 1. The van der Waals surface area contributed by atoms with Crippen molar-refractivity contribution in [1.82, 2.24) is 0 Å². The molecule has 1 saturated carbocycles. The molecule has 1 aliphatic heterocycles. The van der Waals surface area contributed by atoms with Gasteiger partial charge in [0.05, 0.1) is 0 Å². The SMILES string of the molecule is O=C(C1=C[C@@H]2CCCC[C@H]2O1)c1ccccc1. The quantitative estimate of drug-likeness (QED) is 0.726. The highest BCUT2D eigenvalue weighted by Crippen LogP contribution is 2.35. The van der Waals surface area contributed by atoms with Gasteiger partial charge in [-0.05, 0) is 25.3 Å². The van der Waals surface area contributed by atoms with Crippen LogP contribution in [0.4, 0.5) is 0 Å². The second-order valence-electron chi connectivity index (χ2n) is 4.83. The van der Waals surface area contributed by atoms with Crippen molar-refractivity contribution in [1.29, 1.82) is 0 Å². The maximum atomic E-state index is 12.2. The number of benzene rings is 1. The van der Waals surface area contributed by atoms with Gasteiger partial charge in [-0.15, -0.1) is 0 Å². The lowest BCUT2D eigenvalue weighted by Crippen LogP contribution is -2.21. The van der Waals surface area contributed by atoms with Crippen molar-refractivity contribution in [3.63, 3.8) is 0 Å². The van der Waals surface area contributed by atoms with E-state index in [1.165, 1.54) is 12.8 Å². The van der Waals surface area contributed by atoms with Crippen LogP contribution in [0, 0.1) is 5.92 Å². The summed E-state index contributed by atoms with van der Waals surface area (Å²) in [6, 6.07) is 9.37. The molecule has 0 saturated heterocycles. The molecule has 1 aliphatic carbocycles. The van der Waals surface area contributed by atoms with Gasteiger partial charge in [0, 0.05) is 11.5 Å². The van der Waals surface area contributed by atoms with Crippen LogP contribution in [-0.2, 0) is 4.74 Å². The smallest absolute Gasteiger partial charge is 0.227 e. The predicted octanol–water partition coefficient (Wildman–Crippen LogP) is 3.34. The van der Waals surface area contributed by atoms with Gasteiger partial charge < -0.3 is 4.74 Å². The molecule has 0 amide bonds. The normalized spacial score (nSPS) is 26.9. The van der Waals surface area contributed by atoms with Gasteiger partial charge in [-0.25, -0.2) is 0 Å². The molecule has 0 bridgehead atoms. The van der Waals surface area contributed by atoms with Gasteiger partial charge in [-0.1, -0.05) is 36.8 Å². The molecule has 2 heteroatoms. The Morgan fingerprint density at radius 3 is 2.65 bits per heavy atom. The van der Waals surface area contributed by atoms with Crippen LogP contribution in [0.5, 0.6) is 0 Å². The van der Waals surface area contributed by atoms with E-state index >= 15 is 0 Å². The molecule has 0 radical (unpaired) electrons. The van der Waals surface area contributed by atoms with E-state index in [1.54, 1.807) is 0 Å². The Morgan fingerprint density at radius 1 is 1.12 bits per heavy atom. The summed E-state index contributed by atoms with van der Waals surface area (Å²) in [6.07, 6.45) is 7.03. The molecule has 3 rings (SSSR count). The zero-order chi connectivity index (χ0) is 11.7. The molecule has 17 heavy (non-hydrogen) atoms. The number of ketones is 1. The number of hydrogen-bond donors (Lipinski definition) is 0. The van der Waals surface area contributed by atoms with E-state index in [4.69, 9.17) is 4.74 Å². The lowest BCUT2D eigenvalue weighted by atomic mass is 9.87. The summed E-state index contributed by atoms with van der Waals surface area (Å²) in [5.41, 5.74) is 0.720. The van der Waals surface area contributed by atoms with Gasteiger partial charge in [0.25, 0.3) is 0 Å². The fourth-order valence-electron chi connectivity index (χ4n) is 2.72. The summed E-state index contributed by atoms with van der Waals surface area (Å²) in [7, 11) is 0. The molecule has 1 aromatic rings. The fourth-order valence-corrected chi connectivity index (χ4v) is 2.72. The molecule has 0 unspecified atom stereocenters. The van der Waals surface area contributed by atoms with Crippen LogP contribution in [0.15, 0.2) is 42.2 Å². The molecule has 0 spiro atoms. The first-order valence-corrected chi connectivity index (χ1v) is 6.33. The minimum Gasteiger partial charge on any atom is -0.486 e. The van der Waals surface area contributed by atoms with E-state index in [1.807, 2.05) is 36.4 Å². The first-order valence-electron chi connectivity index (χ1n) is 6.33. The van der Waals surface area contributed by atoms with Crippen LogP contribution < -0.4 is 0 Å². The number of carbonyl (C=O) groups is 1. The fraction of sp³-hybridized carbons (Fsp3) is 0.400. The second kappa shape index (κ2) is 4.36. The molecule has 0 N–H and O–H groups in total. The van der Waals surface area contributed by atoms with Gasteiger partial charge in [0.15, 0.2) is 5.76 Å². The largest absolute Gasteiger partial charge is 0.486 e. The molecule has 1 fully saturated rings. The van der Waals surface area contributed by atoms with Crippen molar-refractivity contribution in [3.8, 4) is 0 Å². The highest BCUT2D eigenvalue weighted by molar-refractivity contribution is 6.07. The average molecular weight is 228 g/mol. The maximum Gasteiger partial charge on any atom is 0.227 e. The number of hydrogen-bond acceptors (Lipinski definition) is 2. The van der Waals surface area contributed by atoms with Gasteiger partial charge in [-0.2, -0.15) is 0 Å². The summed E-state index contributed by atoms with van der Waals surface area (Å²) >= 11 is 0. The molecule has 88 valence electrons. The highest BCUT2D eigenvalue weighted by atomic mass is 16.5. The van der Waals surface area contributed by atoms with Crippen molar-refractivity contribution in [2.75, 3.05) is 0 Å². The monoisotopic (exact) mass is 228 g/mol. The summed E-state index contributed by atoms with van der Waals surface area (Å²) in [6.45, 7) is 0. The van der Waals surface area contributed by atoms with Crippen LogP contribution in [0.1, 0.15) is 36.0 Å². The van der Waals surface area contributed by atoms with Crippen LogP contribution in [0.3, 0.4) is 0 Å². The molecule has 0 aromatic heterocycles. The number of ether oxygens (including phenoxy) is 1. The van der Waals surface area contributed by atoms with E-state index in [9.17, 15) is 4.79 Å². The molecular formula is C15H16O2. The lowest BCUT2D eigenvalue weighted by molar-refractivity contribution is 0.0663.